The van der Waals surface area contributed by atoms with Crippen molar-refractivity contribution < 1.29 is 18.3 Å². The largest absolute Gasteiger partial charge is 0.457 e. The summed E-state index contributed by atoms with van der Waals surface area (Å²) in [4.78, 5) is 24.0. The maximum absolute atomic E-state index is 14.2. The molecule has 0 saturated carbocycles. The summed E-state index contributed by atoms with van der Waals surface area (Å²) in [6, 6.07) is 16.9. The van der Waals surface area contributed by atoms with Crippen LogP contribution in [0.1, 0.15) is 10.5 Å². The Balaban J connectivity index is 1.38. The van der Waals surface area contributed by atoms with Crippen LogP contribution in [-0.4, -0.2) is 27.9 Å². The zero-order valence-electron chi connectivity index (χ0n) is 18.3. The van der Waals surface area contributed by atoms with Crippen LogP contribution in [0.4, 0.5) is 16.1 Å². The van der Waals surface area contributed by atoms with Gasteiger partial charge in [0, 0.05) is 53.4 Å². The molecule has 0 saturated heterocycles. The van der Waals surface area contributed by atoms with Crippen LogP contribution in [-0.2, 0) is 0 Å². The number of carbonyl (C=O) groups is 1. The monoisotopic (exact) mass is 489 g/mol. The maximum atomic E-state index is 14.2. The maximum Gasteiger partial charge on any atom is 0.300 e. The van der Waals surface area contributed by atoms with E-state index in [9.17, 15) is 9.18 Å². The fourth-order valence-corrected chi connectivity index (χ4v) is 3.63. The minimum absolute atomic E-state index is 0.239. The van der Waals surface area contributed by atoms with Gasteiger partial charge in [0.05, 0.1) is 0 Å². The van der Waals surface area contributed by atoms with Gasteiger partial charge in [0.25, 0.3) is 11.9 Å². The summed E-state index contributed by atoms with van der Waals surface area (Å²) in [6.07, 6.45) is 2.87. The second-order valence-electron chi connectivity index (χ2n) is 7.37. The number of rotatable bonds is 6. The Kier molecular flexibility index (Phi) is 5.99. The quantitative estimate of drug-likeness (QED) is 0.283. The molecule has 0 unspecified atom stereocenters. The molecule has 5 rings (SSSR count). The smallest absolute Gasteiger partial charge is 0.300 e. The standard InChI is InChI=1S/C25H17ClFN5O3/c1-28-24(33)21-13-16(8-10-29-21)34-15-5-7-22-20(12-15)32-25(35-22)31-14-4-6-19(26)18(11-14)17-3-2-9-30-23(17)27/h2-13H,1H3,(H,28,33)(H,31,32). The van der Waals surface area contributed by atoms with Gasteiger partial charge in [0.15, 0.2) is 5.58 Å². The van der Waals surface area contributed by atoms with Gasteiger partial charge in [-0.2, -0.15) is 9.37 Å². The zero-order chi connectivity index (χ0) is 24.4. The molecule has 0 atom stereocenters. The molecule has 3 heterocycles. The van der Waals surface area contributed by atoms with Crippen molar-refractivity contribution in [2.24, 2.45) is 0 Å². The van der Waals surface area contributed by atoms with E-state index in [0.717, 1.165) is 0 Å². The Hall–Kier alpha value is -4.50. The molecule has 0 spiro atoms. The first kappa shape index (κ1) is 22.3. The molecule has 3 aromatic heterocycles. The number of hydrogen-bond donors (Lipinski definition) is 2. The number of halogens is 2. The van der Waals surface area contributed by atoms with Crippen molar-refractivity contribution in [2.75, 3.05) is 12.4 Å². The van der Waals surface area contributed by atoms with E-state index < -0.39 is 5.95 Å². The van der Waals surface area contributed by atoms with Gasteiger partial charge in [-0.25, -0.2) is 4.98 Å². The van der Waals surface area contributed by atoms with E-state index in [2.05, 4.69) is 25.6 Å². The lowest BCUT2D eigenvalue weighted by molar-refractivity contribution is 0.0958. The number of fused-ring (bicyclic) bond motifs is 1. The van der Waals surface area contributed by atoms with E-state index in [-0.39, 0.29) is 23.2 Å². The van der Waals surface area contributed by atoms with Crippen molar-refractivity contribution in [3.05, 3.63) is 89.7 Å². The van der Waals surface area contributed by atoms with Crippen molar-refractivity contribution in [2.45, 2.75) is 0 Å². The third kappa shape index (κ3) is 4.75. The lowest BCUT2D eigenvalue weighted by atomic mass is 10.1. The van der Waals surface area contributed by atoms with Crippen LogP contribution in [0.25, 0.3) is 22.2 Å². The second kappa shape index (κ2) is 9.40. The Bertz CT molecular complexity index is 1560. The lowest BCUT2D eigenvalue weighted by Gasteiger charge is -2.08. The Morgan fingerprint density at radius 3 is 2.69 bits per heavy atom. The number of oxazole rings is 1. The summed E-state index contributed by atoms with van der Waals surface area (Å²) < 4.78 is 25.8. The minimum atomic E-state index is -0.613. The number of anilines is 2. The molecule has 0 aliphatic heterocycles. The van der Waals surface area contributed by atoms with Crippen LogP contribution in [0.15, 0.2) is 77.5 Å². The number of hydrogen-bond acceptors (Lipinski definition) is 7. The summed E-state index contributed by atoms with van der Waals surface area (Å²) >= 11 is 6.29. The molecule has 0 fully saturated rings. The number of ether oxygens (including phenoxy) is 1. The van der Waals surface area contributed by atoms with E-state index in [1.165, 1.54) is 19.4 Å². The fraction of sp³-hybridized carbons (Fsp3) is 0.0400. The minimum Gasteiger partial charge on any atom is -0.457 e. The molecular weight excluding hydrogens is 473 g/mol. The Labute approximate surface area is 203 Å². The number of nitrogens with one attached hydrogen (secondary N) is 2. The van der Waals surface area contributed by atoms with E-state index in [1.54, 1.807) is 60.7 Å². The van der Waals surface area contributed by atoms with Gasteiger partial charge < -0.3 is 19.8 Å². The molecule has 0 radical (unpaired) electrons. The highest BCUT2D eigenvalue weighted by molar-refractivity contribution is 6.33. The van der Waals surface area contributed by atoms with Crippen molar-refractivity contribution >= 4 is 40.3 Å². The van der Waals surface area contributed by atoms with Crippen molar-refractivity contribution in [1.29, 1.82) is 0 Å². The highest BCUT2D eigenvalue weighted by Crippen LogP contribution is 2.33. The molecule has 174 valence electrons. The van der Waals surface area contributed by atoms with E-state index in [0.29, 0.717) is 38.9 Å². The predicted molar refractivity (Wildman–Crippen MR) is 130 cm³/mol. The second-order valence-corrected chi connectivity index (χ2v) is 7.78. The average molecular weight is 490 g/mol. The van der Waals surface area contributed by atoms with Crippen molar-refractivity contribution in [3.8, 4) is 22.6 Å². The molecule has 0 aliphatic rings. The van der Waals surface area contributed by atoms with Gasteiger partial charge in [0.1, 0.15) is 22.7 Å². The van der Waals surface area contributed by atoms with Crippen LogP contribution >= 0.6 is 11.6 Å². The molecule has 2 aromatic carbocycles. The average Bonchev–Trinajstić information content (AvgIpc) is 3.27. The van der Waals surface area contributed by atoms with Gasteiger partial charge >= 0.3 is 0 Å². The van der Waals surface area contributed by atoms with Gasteiger partial charge in [-0.15, -0.1) is 0 Å². The van der Waals surface area contributed by atoms with Crippen LogP contribution in [0.2, 0.25) is 5.02 Å². The molecule has 10 heteroatoms. The number of pyridine rings is 2. The first-order valence-corrected chi connectivity index (χ1v) is 10.8. The highest BCUT2D eigenvalue weighted by atomic mass is 35.5. The lowest BCUT2D eigenvalue weighted by Crippen LogP contribution is -2.18. The predicted octanol–water partition coefficient (Wildman–Crippen LogP) is 5.97. The third-order valence-electron chi connectivity index (χ3n) is 5.05. The molecule has 5 aromatic rings. The van der Waals surface area contributed by atoms with E-state index >= 15 is 0 Å². The Morgan fingerprint density at radius 2 is 1.86 bits per heavy atom. The summed E-state index contributed by atoms with van der Waals surface area (Å²) in [7, 11) is 1.53. The van der Waals surface area contributed by atoms with Gasteiger partial charge in [-0.05, 0) is 48.5 Å². The first-order chi connectivity index (χ1) is 17.0. The molecule has 0 bridgehead atoms. The summed E-state index contributed by atoms with van der Waals surface area (Å²) in [5, 5.41) is 5.98. The van der Waals surface area contributed by atoms with Gasteiger partial charge in [0.2, 0.25) is 5.95 Å². The molecule has 1 amide bonds. The first-order valence-electron chi connectivity index (χ1n) is 10.4. The SMILES string of the molecule is CNC(=O)c1cc(Oc2ccc3oc(Nc4ccc(Cl)c(-c5cccnc5F)c4)nc3c2)ccn1. The summed E-state index contributed by atoms with van der Waals surface area (Å²) in [5.41, 5.74) is 2.71. The number of carbonyl (C=O) groups excluding carboxylic acids is 1. The van der Waals surface area contributed by atoms with Crippen LogP contribution < -0.4 is 15.4 Å². The van der Waals surface area contributed by atoms with Gasteiger partial charge in [-0.1, -0.05) is 11.6 Å². The van der Waals surface area contributed by atoms with E-state index in [4.69, 9.17) is 20.8 Å². The van der Waals surface area contributed by atoms with Crippen LogP contribution in [0.3, 0.4) is 0 Å². The summed E-state index contributed by atoms with van der Waals surface area (Å²) in [5.74, 6) is 0.0377. The fourth-order valence-electron chi connectivity index (χ4n) is 3.41. The third-order valence-corrected chi connectivity index (χ3v) is 5.38. The normalized spacial score (nSPS) is 10.8. The van der Waals surface area contributed by atoms with Crippen molar-refractivity contribution in [3.63, 3.8) is 0 Å². The number of nitrogens with zero attached hydrogens (tertiary/aromatic N) is 3. The Morgan fingerprint density at radius 1 is 1.00 bits per heavy atom. The zero-order valence-corrected chi connectivity index (χ0v) is 19.0. The molecule has 0 aliphatic carbocycles. The van der Waals surface area contributed by atoms with Crippen molar-refractivity contribution in [1.82, 2.24) is 20.3 Å². The molecule has 8 nitrogen and oxygen atoms in total. The number of benzene rings is 2. The molecule has 35 heavy (non-hydrogen) atoms. The van der Waals surface area contributed by atoms with Crippen LogP contribution in [0.5, 0.6) is 11.5 Å². The highest BCUT2D eigenvalue weighted by Gasteiger charge is 2.13. The van der Waals surface area contributed by atoms with E-state index in [1.807, 2.05) is 0 Å². The summed E-state index contributed by atoms with van der Waals surface area (Å²) in [6.45, 7) is 0. The number of aromatic nitrogens is 3. The molecule has 2 N–H and O–H groups in total. The van der Waals surface area contributed by atoms with Gasteiger partial charge in [-0.3, -0.25) is 9.78 Å². The number of amides is 1. The molecular formula is C25H17ClFN5O3. The van der Waals surface area contributed by atoms with Crippen LogP contribution in [0, 0.1) is 5.95 Å². The topological polar surface area (TPSA) is 102 Å².